The number of hydrogen-bond acceptors (Lipinski definition) is 2. The molecule has 146 valence electrons. The Morgan fingerprint density at radius 3 is 2.68 bits per heavy atom. The molecule has 0 bridgehead atoms. The van der Waals surface area contributed by atoms with Gasteiger partial charge in [0.15, 0.2) is 5.96 Å². The first kappa shape index (κ1) is 21.6. The molecule has 1 heterocycles. The predicted molar refractivity (Wildman–Crippen MR) is 93.6 cm³/mol. The summed E-state index contributed by atoms with van der Waals surface area (Å²) >= 11 is 0. The molecule has 1 saturated heterocycles. The largest absolute Gasteiger partial charge is 0.389 e. The van der Waals surface area contributed by atoms with E-state index in [4.69, 9.17) is 0 Å². The highest BCUT2D eigenvalue weighted by molar-refractivity contribution is 5.79. The number of carbonyl (C=O) groups excluding carboxylic acids is 1. The number of alkyl halides is 3. The SMILES string of the molecule is CCNC(=NCCCN1CCCCCC1=O)NCCCCC(F)(F)F. The smallest absolute Gasteiger partial charge is 0.357 e. The van der Waals surface area contributed by atoms with Crippen LogP contribution in [0.3, 0.4) is 0 Å². The van der Waals surface area contributed by atoms with Crippen molar-refractivity contribution in [3.63, 3.8) is 0 Å². The molecule has 1 fully saturated rings. The first-order valence-corrected chi connectivity index (χ1v) is 9.29. The second-order valence-corrected chi connectivity index (χ2v) is 6.30. The molecule has 0 unspecified atom stereocenters. The van der Waals surface area contributed by atoms with E-state index in [1.165, 1.54) is 0 Å². The number of halogens is 3. The first-order chi connectivity index (χ1) is 11.9. The van der Waals surface area contributed by atoms with Gasteiger partial charge in [-0.3, -0.25) is 9.79 Å². The fraction of sp³-hybridized carbons (Fsp3) is 0.882. The predicted octanol–water partition coefficient (Wildman–Crippen LogP) is 3.07. The van der Waals surface area contributed by atoms with Gasteiger partial charge in [-0.15, -0.1) is 0 Å². The van der Waals surface area contributed by atoms with E-state index in [-0.39, 0.29) is 12.3 Å². The number of likely N-dealkylation sites (tertiary alicyclic amines) is 1. The van der Waals surface area contributed by atoms with Crippen molar-refractivity contribution in [3.05, 3.63) is 0 Å². The van der Waals surface area contributed by atoms with Crippen LogP contribution in [-0.4, -0.2) is 55.7 Å². The fourth-order valence-corrected chi connectivity index (χ4v) is 2.73. The molecule has 1 aliphatic rings. The summed E-state index contributed by atoms with van der Waals surface area (Å²) in [7, 11) is 0. The topological polar surface area (TPSA) is 56.7 Å². The van der Waals surface area contributed by atoms with Crippen LogP contribution in [0.2, 0.25) is 0 Å². The summed E-state index contributed by atoms with van der Waals surface area (Å²) in [5.74, 6) is 0.855. The molecule has 1 aliphatic heterocycles. The molecule has 0 radical (unpaired) electrons. The average molecular weight is 364 g/mol. The second kappa shape index (κ2) is 12.0. The van der Waals surface area contributed by atoms with E-state index >= 15 is 0 Å². The molecule has 2 N–H and O–H groups in total. The van der Waals surface area contributed by atoms with Crippen molar-refractivity contribution in [2.45, 2.75) is 64.5 Å². The van der Waals surface area contributed by atoms with Crippen molar-refractivity contribution in [1.82, 2.24) is 15.5 Å². The minimum Gasteiger partial charge on any atom is -0.357 e. The van der Waals surface area contributed by atoms with Crippen LogP contribution in [0.25, 0.3) is 0 Å². The van der Waals surface area contributed by atoms with Crippen molar-refractivity contribution in [2.75, 3.05) is 32.7 Å². The van der Waals surface area contributed by atoms with Crippen LogP contribution in [0, 0.1) is 0 Å². The van der Waals surface area contributed by atoms with Crippen LogP contribution in [0.15, 0.2) is 4.99 Å². The van der Waals surface area contributed by atoms with E-state index in [0.29, 0.717) is 45.0 Å². The summed E-state index contributed by atoms with van der Waals surface area (Å²) in [6.45, 7) is 5.23. The van der Waals surface area contributed by atoms with Crippen molar-refractivity contribution in [1.29, 1.82) is 0 Å². The molecule has 0 aromatic heterocycles. The lowest BCUT2D eigenvalue weighted by molar-refractivity contribution is -0.135. The number of amides is 1. The molecule has 0 aromatic carbocycles. The van der Waals surface area contributed by atoms with Gasteiger partial charge in [0, 0.05) is 45.6 Å². The second-order valence-electron chi connectivity index (χ2n) is 6.30. The van der Waals surface area contributed by atoms with Gasteiger partial charge in [-0.05, 0) is 39.0 Å². The lowest BCUT2D eigenvalue weighted by Gasteiger charge is -2.20. The summed E-state index contributed by atoms with van der Waals surface area (Å²) in [5.41, 5.74) is 0. The Labute approximate surface area is 148 Å². The molecule has 1 amide bonds. The number of nitrogens with one attached hydrogen (secondary N) is 2. The number of guanidine groups is 1. The van der Waals surface area contributed by atoms with Gasteiger partial charge in [0.05, 0.1) is 0 Å². The van der Waals surface area contributed by atoms with Crippen LogP contribution in [-0.2, 0) is 4.79 Å². The Morgan fingerprint density at radius 1 is 1.16 bits per heavy atom. The maximum atomic E-state index is 12.1. The quantitative estimate of drug-likeness (QED) is 0.376. The van der Waals surface area contributed by atoms with E-state index in [1.807, 2.05) is 11.8 Å². The molecule has 0 aliphatic carbocycles. The Hall–Kier alpha value is -1.47. The standard InChI is InChI=1S/C17H31F3N4O/c1-2-21-16(22-11-6-5-10-17(18,19)20)23-12-8-14-24-13-7-3-4-9-15(24)25/h2-14H2,1H3,(H2,21,22,23). The normalized spacial score (nSPS) is 16.7. The lowest BCUT2D eigenvalue weighted by Crippen LogP contribution is -2.38. The first-order valence-electron chi connectivity index (χ1n) is 9.29. The van der Waals surface area contributed by atoms with Crippen molar-refractivity contribution < 1.29 is 18.0 Å². The van der Waals surface area contributed by atoms with E-state index in [2.05, 4.69) is 15.6 Å². The molecule has 1 rings (SSSR count). The number of hydrogen-bond donors (Lipinski definition) is 2. The van der Waals surface area contributed by atoms with Crippen LogP contribution in [0.5, 0.6) is 0 Å². The van der Waals surface area contributed by atoms with Crippen LogP contribution in [0.1, 0.15) is 58.3 Å². The maximum Gasteiger partial charge on any atom is 0.389 e. The summed E-state index contributed by atoms with van der Waals surface area (Å²) in [6, 6.07) is 0. The molecule has 8 heteroatoms. The van der Waals surface area contributed by atoms with E-state index < -0.39 is 12.6 Å². The number of nitrogens with zero attached hydrogens (tertiary/aromatic N) is 2. The van der Waals surface area contributed by atoms with Gasteiger partial charge in [-0.1, -0.05) is 6.42 Å². The molecule has 0 aromatic rings. The Kier molecular flexibility index (Phi) is 10.3. The zero-order valence-corrected chi connectivity index (χ0v) is 15.1. The minimum absolute atomic E-state index is 0.118. The van der Waals surface area contributed by atoms with Gasteiger partial charge in [0.25, 0.3) is 0 Å². The van der Waals surface area contributed by atoms with E-state index in [9.17, 15) is 18.0 Å². The summed E-state index contributed by atoms with van der Waals surface area (Å²) in [4.78, 5) is 18.2. The van der Waals surface area contributed by atoms with Crippen molar-refractivity contribution in [3.8, 4) is 0 Å². The van der Waals surface area contributed by atoms with Crippen LogP contribution in [0.4, 0.5) is 13.2 Å². The minimum atomic E-state index is -4.08. The zero-order chi connectivity index (χ0) is 18.5. The van der Waals surface area contributed by atoms with Gasteiger partial charge in [-0.25, -0.2) is 0 Å². The Bertz CT molecular complexity index is 413. The number of rotatable bonds is 9. The molecule has 0 atom stereocenters. The third-order valence-electron chi connectivity index (χ3n) is 4.05. The number of unbranched alkanes of at least 4 members (excludes halogenated alkanes) is 1. The average Bonchev–Trinajstić information content (AvgIpc) is 2.74. The fourth-order valence-electron chi connectivity index (χ4n) is 2.73. The van der Waals surface area contributed by atoms with Crippen molar-refractivity contribution >= 4 is 11.9 Å². The summed E-state index contributed by atoms with van der Waals surface area (Å²) in [5, 5.41) is 6.14. The van der Waals surface area contributed by atoms with Gasteiger partial charge in [0.1, 0.15) is 0 Å². The lowest BCUT2D eigenvalue weighted by atomic mass is 10.2. The molecule has 0 saturated carbocycles. The van der Waals surface area contributed by atoms with Crippen molar-refractivity contribution in [2.24, 2.45) is 4.99 Å². The summed E-state index contributed by atoms with van der Waals surface area (Å²) < 4.78 is 36.3. The highest BCUT2D eigenvalue weighted by atomic mass is 19.4. The monoisotopic (exact) mass is 364 g/mol. The Morgan fingerprint density at radius 2 is 1.96 bits per heavy atom. The molecule has 0 spiro atoms. The van der Waals surface area contributed by atoms with Crippen LogP contribution < -0.4 is 10.6 Å². The Balaban J connectivity index is 2.24. The van der Waals surface area contributed by atoms with Gasteiger partial charge in [0.2, 0.25) is 5.91 Å². The number of carbonyl (C=O) groups is 1. The van der Waals surface area contributed by atoms with Gasteiger partial charge >= 0.3 is 6.18 Å². The van der Waals surface area contributed by atoms with E-state index in [1.54, 1.807) is 0 Å². The molecular weight excluding hydrogens is 333 g/mol. The van der Waals surface area contributed by atoms with Gasteiger partial charge < -0.3 is 15.5 Å². The zero-order valence-electron chi connectivity index (χ0n) is 15.1. The van der Waals surface area contributed by atoms with E-state index in [0.717, 1.165) is 32.2 Å². The summed E-state index contributed by atoms with van der Waals surface area (Å²) in [6.07, 6.45) is 0.340. The molecule has 25 heavy (non-hydrogen) atoms. The maximum absolute atomic E-state index is 12.1. The van der Waals surface area contributed by atoms with Gasteiger partial charge in [-0.2, -0.15) is 13.2 Å². The third-order valence-corrected chi connectivity index (χ3v) is 4.05. The van der Waals surface area contributed by atoms with Crippen LogP contribution >= 0.6 is 0 Å². The highest BCUT2D eigenvalue weighted by Crippen LogP contribution is 2.21. The highest BCUT2D eigenvalue weighted by Gasteiger charge is 2.25. The molecule has 5 nitrogen and oxygen atoms in total. The third kappa shape index (κ3) is 10.9. The number of aliphatic imine (C=N–C) groups is 1. The molecular formula is C17H31F3N4O.